The second-order valence-corrected chi connectivity index (χ2v) is 4.72. The minimum Gasteiger partial charge on any atom is -0.465 e. The van der Waals surface area contributed by atoms with E-state index in [1.54, 1.807) is 7.11 Å². The summed E-state index contributed by atoms with van der Waals surface area (Å²) in [5.41, 5.74) is 0. The summed E-state index contributed by atoms with van der Waals surface area (Å²) in [5.74, 6) is -0.160. The van der Waals surface area contributed by atoms with Crippen LogP contribution in [0.5, 0.6) is 0 Å². The summed E-state index contributed by atoms with van der Waals surface area (Å²) in [6.45, 7) is 4.49. The van der Waals surface area contributed by atoms with Crippen molar-refractivity contribution in [3.8, 4) is 0 Å². The highest BCUT2D eigenvalue weighted by molar-refractivity contribution is 9.10. The summed E-state index contributed by atoms with van der Waals surface area (Å²) in [6.07, 6.45) is 3.86. The second kappa shape index (κ2) is 9.16. The average molecular weight is 281 g/mol. The number of hydrogen-bond donors (Lipinski definition) is 0. The van der Waals surface area contributed by atoms with Crippen LogP contribution in [0, 0.1) is 0 Å². The van der Waals surface area contributed by atoms with Crippen molar-refractivity contribution in [1.82, 2.24) is 0 Å². The van der Waals surface area contributed by atoms with Crippen LogP contribution in [0.15, 0.2) is 0 Å². The van der Waals surface area contributed by atoms with Crippen molar-refractivity contribution < 1.29 is 14.3 Å². The SMILES string of the molecule is CCCCC(Br)C(=O)OCCC(C)OC. The molecule has 0 aliphatic carbocycles. The predicted octanol–water partition coefficient (Wildman–Crippen LogP) is 2.91. The van der Waals surface area contributed by atoms with Crippen molar-refractivity contribution in [2.24, 2.45) is 0 Å². The molecule has 0 rings (SSSR count). The summed E-state index contributed by atoms with van der Waals surface area (Å²) >= 11 is 3.32. The lowest BCUT2D eigenvalue weighted by Gasteiger charge is -2.12. The zero-order chi connectivity index (χ0) is 11.7. The molecular weight excluding hydrogens is 260 g/mol. The van der Waals surface area contributed by atoms with Gasteiger partial charge in [0, 0.05) is 13.5 Å². The molecule has 0 spiro atoms. The van der Waals surface area contributed by atoms with Gasteiger partial charge in [0.05, 0.1) is 12.7 Å². The third-order valence-corrected chi connectivity index (χ3v) is 3.07. The van der Waals surface area contributed by atoms with E-state index < -0.39 is 0 Å². The maximum atomic E-state index is 11.4. The minimum absolute atomic E-state index is 0.141. The van der Waals surface area contributed by atoms with Crippen molar-refractivity contribution in [1.29, 1.82) is 0 Å². The first-order valence-electron chi connectivity index (χ1n) is 5.45. The largest absolute Gasteiger partial charge is 0.465 e. The predicted molar refractivity (Wildman–Crippen MR) is 64.3 cm³/mol. The van der Waals surface area contributed by atoms with Crippen LogP contribution < -0.4 is 0 Å². The van der Waals surface area contributed by atoms with Gasteiger partial charge < -0.3 is 9.47 Å². The Balaban J connectivity index is 3.55. The van der Waals surface area contributed by atoms with Crippen molar-refractivity contribution in [2.75, 3.05) is 13.7 Å². The third-order valence-electron chi connectivity index (χ3n) is 2.24. The Morgan fingerprint density at radius 1 is 1.40 bits per heavy atom. The highest BCUT2D eigenvalue weighted by atomic mass is 79.9. The van der Waals surface area contributed by atoms with Crippen LogP contribution in [0.2, 0.25) is 0 Å². The van der Waals surface area contributed by atoms with Gasteiger partial charge in [0.1, 0.15) is 4.83 Å². The summed E-state index contributed by atoms with van der Waals surface area (Å²) in [7, 11) is 1.65. The molecule has 0 aromatic carbocycles. The molecule has 2 unspecified atom stereocenters. The lowest BCUT2D eigenvalue weighted by molar-refractivity contribution is -0.143. The quantitative estimate of drug-likeness (QED) is 0.507. The zero-order valence-electron chi connectivity index (χ0n) is 9.79. The molecular formula is C11H21BrO3. The van der Waals surface area contributed by atoms with E-state index in [9.17, 15) is 4.79 Å². The van der Waals surface area contributed by atoms with Crippen molar-refractivity contribution in [3.05, 3.63) is 0 Å². The number of unbranched alkanes of at least 4 members (excludes halogenated alkanes) is 1. The average Bonchev–Trinajstić information content (AvgIpc) is 2.25. The Morgan fingerprint density at radius 2 is 2.07 bits per heavy atom. The highest BCUT2D eigenvalue weighted by Gasteiger charge is 2.15. The molecule has 0 aromatic heterocycles. The lowest BCUT2D eigenvalue weighted by Crippen LogP contribution is -2.19. The van der Waals surface area contributed by atoms with Gasteiger partial charge in [-0.05, 0) is 13.3 Å². The molecule has 0 amide bonds. The Morgan fingerprint density at radius 3 is 2.60 bits per heavy atom. The van der Waals surface area contributed by atoms with Crippen LogP contribution >= 0.6 is 15.9 Å². The van der Waals surface area contributed by atoms with Crippen LogP contribution in [0.3, 0.4) is 0 Å². The van der Waals surface area contributed by atoms with Crippen molar-refractivity contribution in [3.63, 3.8) is 0 Å². The van der Waals surface area contributed by atoms with E-state index in [0.717, 1.165) is 25.7 Å². The Bertz CT molecular complexity index is 173. The summed E-state index contributed by atoms with van der Waals surface area (Å²) in [5, 5.41) is 0. The molecule has 0 fully saturated rings. The van der Waals surface area contributed by atoms with Crippen LogP contribution in [0.4, 0.5) is 0 Å². The fourth-order valence-electron chi connectivity index (χ4n) is 1.03. The van der Waals surface area contributed by atoms with E-state index in [0.29, 0.717) is 6.61 Å². The minimum atomic E-state index is -0.160. The van der Waals surface area contributed by atoms with Gasteiger partial charge in [0.25, 0.3) is 0 Å². The smallest absolute Gasteiger partial charge is 0.319 e. The van der Waals surface area contributed by atoms with Crippen molar-refractivity contribution in [2.45, 2.75) is 50.5 Å². The number of halogens is 1. The van der Waals surface area contributed by atoms with Crippen LogP contribution in [0.25, 0.3) is 0 Å². The molecule has 15 heavy (non-hydrogen) atoms. The van der Waals surface area contributed by atoms with E-state index in [1.165, 1.54) is 0 Å². The maximum absolute atomic E-state index is 11.4. The lowest BCUT2D eigenvalue weighted by atomic mass is 10.2. The van der Waals surface area contributed by atoms with E-state index in [2.05, 4.69) is 22.9 Å². The molecule has 0 bridgehead atoms. The summed E-state index contributed by atoms with van der Waals surface area (Å²) in [4.78, 5) is 11.3. The third kappa shape index (κ3) is 7.79. The fraction of sp³-hybridized carbons (Fsp3) is 0.909. The molecule has 0 aliphatic rings. The van der Waals surface area contributed by atoms with E-state index in [1.807, 2.05) is 6.92 Å². The number of rotatable bonds is 8. The van der Waals surface area contributed by atoms with E-state index >= 15 is 0 Å². The Hall–Kier alpha value is -0.0900. The van der Waals surface area contributed by atoms with Crippen LogP contribution in [-0.4, -0.2) is 30.6 Å². The molecule has 0 radical (unpaired) electrons. The van der Waals surface area contributed by atoms with Gasteiger partial charge in [-0.25, -0.2) is 0 Å². The number of carbonyl (C=O) groups is 1. The molecule has 0 aromatic rings. The summed E-state index contributed by atoms with van der Waals surface area (Å²) < 4.78 is 10.2. The summed E-state index contributed by atoms with van der Waals surface area (Å²) in [6, 6.07) is 0. The van der Waals surface area contributed by atoms with Gasteiger partial charge in [0.15, 0.2) is 0 Å². The Kier molecular flexibility index (Phi) is 9.10. The number of esters is 1. The number of carbonyl (C=O) groups excluding carboxylic acids is 1. The van der Waals surface area contributed by atoms with Gasteiger partial charge in [0.2, 0.25) is 0 Å². The second-order valence-electron chi connectivity index (χ2n) is 3.61. The molecule has 90 valence electrons. The van der Waals surface area contributed by atoms with Gasteiger partial charge in [-0.1, -0.05) is 35.7 Å². The van der Waals surface area contributed by atoms with Crippen molar-refractivity contribution >= 4 is 21.9 Å². The number of alkyl halides is 1. The standard InChI is InChI=1S/C11H21BrO3/c1-4-5-6-10(12)11(13)15-8-7-9(2)14-3/h9-10H,4-8H2,1-3H3. The van der Waals surface area contributed by atoms with Gasteiger partial charge in [-0.2, -0.15) is 0 Å². The highest BCUT2D eigenvalue weighted by Crippen LogP contribution is 2.11. The number of ether oxygens (including phenoxy) is 2. The first-order valence-corrected chi connectivity index (χ1v) is 6.36. The molecule has 0 saturated carbocycles. The molecule has 0 saturated heterocycles. The molecule has 4 heteroatoms. The van der Waals surface area contributed by atoms with E-state index in [4.69, 9.17) is 9.47 Å². The molecule has 0 aliphatic heterocycles. The molecule has 0 heterocycles. The maximum Gasteiger partial charge on any atom is 0.319 e. The van der Waals surface area contributed by atoms with Gasteiger partial charge in [-0.3, -0.25) is 4.79 Å². The molecule has 3 nitrogen and oxygen atoms in total. The van der Waals surface area contributed by atoms with Crippen LogP contribution in [-0.2, 0) is 14.3 Å². The number of methoxy groups -OCH3 is 1. The Labute approximate surface area is 101 Å². The van der Waals surface area contributed by atoms with Gasteiger partial charge in [-0.15, -0.1) is 0 Å². The molecule has 0 N–H and O–H groups in total. The van der Waals surface area contributed by atoms with Crippen LogP contribution in [0.1, 0.15) is 39.5 Å². The normalized spacial score (nSPS) is 14.7. The van der Waals surface area contributed by atoms with Gasteiger partial charge >= 0.3 is 5.97 Å². The monoisotopic (exact) mass is 280 g/mol. The number of hydrogen-bond acceptors (Lipinski definition) is 3. The topological polar surface area (TPSA) is 35.5 Å². The first kappa shape index (κ1) is 14.9. The van der Waals surface area contributed by atoms with E-state index in [-0.39, 0.29) is 16.9 Å². The fourth-order valence-corrected chi connectivity index (χ4v) is 1.49. The zero-order valence-corrected chi connectivity index (χ0v) is 11.4. The first-order chi connectivity index (χ1) is 7.11. The molecule has 2 atom stereocenters.